The van der Waals surface area contributed by atoms with Crippen LogP contribution in [0.15, 0.2) is 0 Å². The van der Waals surface area contributed by atoms with Crippen molar-refractivity contribution in [1.29, 1.82) is 0 Å². The third kappa shape index (κ3) is 1.44. The topological polar surface area (TPSA) is 0 Å². The maximum Gasteiger partial charge on any atom is 0.0160 e. The van der Waals surface area contributed by atoms with Gasteiger partial charge in [0.25, 0.3) is 0 Å². The molecule has 0 spiro atoms. The molecule has 0 aromatic carbocycles. The van der Waals surface area contributed by atoms with Crippen molar-refractivity contribution in [3.63, 3.8) is 0 Å². The molecule has 1 aliphatic heterocycles. The Kier molecular flexibility index (Phi) is 2.18. The Balaban J connectivity index is 2.06. The summed E-state index contributed by atoms with van der Waals surface area (Å²) in [7, 11) is 0. The minimum absolute atomic E-state index is 0.691. The summed E-state index contributed by atoms with van der Waals surface area (Å²) in [6.45, 7) is 2.50. The average Bonchev–Trinajstić information content (AvgIpc) is 2.03. The van der Waals surface area contributed by atoms with E-state index >= 15 is 0 Å². The zero-order valence-corrected chi connectivity index (χ0v) is 8.25. The van der Waals surface area contributed by atoms with Gasteiger partial charge in [0, 0.05) is 4.75 Å². The largest absolute Gasteiger partial charge is 0.155 e. The molecule has 64 valence electrons. The van der Waals surface area contributed by atoms with Crippen molar-refractivity contribution < 1.29 is 0 Å². The summed E-state index contributed by atoms with van der Waals surface area (Å²) in [5, 5.41) is 0. The number of rotatable bonds is 0. The van der Waals surface area contributed by atoms with Crippen molar-refractivity contribution in [2.75, 3.05) is 5.75 Å². The van der Waals surface area contributed by atoms with Crippen molar-refractivity contribution in [1.82, 2.24) is 0 Å². The van der Waals surface area contributed by atoms with Crippen molar-refractivity contribution >= 4 is 11.8 Å². The highest BCUT2D eigenvalue weighted by Gasteiger charge is 2.38. The first-order chi connectivity index (χ1) is 5.31. The molecule has 0 bridgehead atoms. The van der Waals surface area contributed by atoms with Gasteiger partial charge in [0.05, 0.1) is 0 Å². The number of thioether (sulfide) groups is 1. The molecule has 1 aliphatic carbocycles. The molecule has 2 atom stereocenters. The molecule has 2 rings (SSSR count). The first kappa shape index (κ1) is 7.97. The standard InChI is InChI=1S/C10H18S/c1-10-7-3-2-5-9(10)6-4-8-11-10/h9H,2-8H2,1H3/t9-,10+/m1/s1. The SMILES string of the molecule is C[C@]12CCCC[C@@H]1CCCS2. The summed E-state index contributed by atoms with van der Waals surface area (Å²) in [6.07, 6.45) is 8.99. The second-order valence-corrected chi connectivity index (χ2v) is 5.88. The Labute approximate surface area is 74.1 Å². The highest BCUT2D eigenvalue weighted by atomic mass is 32.2. The third-order valence-corrected chi connectivity index (χ3v) is 5.16. The summed E-state index contributed by atoms with van der Waals surface area (Å²) >= 11 is 2.25. The van der Waals surface area contributed by atoms with Crippen LogP contribution in [0.4, 0.5) is 0 Å². The second kappa shape index (κ2) is 3.01. The molecular formula is C10H18S. The molecular weight excluding hydrogens is 152 g/mol. The van der Waals surface area contributed by atoms with Gasteiger partial charge in [0.2, 0.25) is 0 Å². The molecule has 1 saturated heterocycles. The Morgan fingerprint density at radius 2 is 2.00 bits per heavy atom. The van der Waals surface area contributed by atoms with Crippen LogP contribution >= 0.6 is 11.8 Å². The van der Waals surface area contributed by atoms with Gasteiger partial charge in [0.1, 0.15) is 0 Å². The fourth-order valence-corrected chi connectivity index (χ4v) is 4.19. The van der Waals surface area contributed by atoms with Gasteiger partial charge in [-0.05, 0) is 37.4 Å². The molecule has 2 fully saturated rings. The van der Waals surface area contributed by atoms with Gasteiger partial charge in [0.15, 0.2) is 0 Å². The zero-order chi connectivity index (χ0) is 7.73. The van der Waals surface area contributed by atoms with Crippen LogP contribution in [-0.4, -0.2) is 10.5 Å². The molecule has 0 radical (unpaired) electrons. The predicted molar refractivity (Wildman–Crippen MR) is 52.1 cm³/mol. The van der Waals surface area contributed by atoms with E-state index in [1.165, 1.54) is 44.3 Å². The summed E-state index contributed by atoms with van der Waals surface area (Å²) in [4.78, 5) is 0. The second-order valence-electron chi connectivity index (χ2n) is 4.25. The van der Waals surface area contributed by atoms with Crippen LogP contribution in [-0.2, 0) is 0 Å². The lowest BCUT2D eigenvalue weighted by molar-refractivity contribution is 0.264. The van der Waals surface area contributed by atoms with Gasteiger partial charge in [-0.2, -0.15) is 11.8 Å². The van der Waals surface area contributed by atoms with Gasteiger partial charge in [-0.1, -0.05) is 19.8 Å². The van der Waals surface area contributed by atoms with E-state index in [9.17, 15) is 0 Å². The maximum absolute atomic E-state index is 2.50. The molecule has 0 nitrogen and oxygen atoms in total. The van der Waals surface area contributed by atoms with Gasteiger partial charge >= 0.3 is 0 Å². The number of hydrogen-bond acceptors (Lipinski definition) is 1. The molecule has 0 amide bonds. The van der Waals surface area contributed by atoms with E-state index in [-0.39, 0.29) is 0 Å². The summed E-state index contributed by atoms with van der Waals surface area (Å²) in [5.41, 5.74) is 0. The van der Waals surface area contributed by atoms with Crippen molar-refractivity contribution in [3.8, 4) is 0 Å². The zero-order valence-electron chi connectivity index (χ0n) is 7.44. The van der Waals surface area contributed by atoms with Crippen molar-refractivity contribution in [2.45, 2.75) is 50.2 Å². The Hall–Kier alpha value is 0.350. The fraction of sp³-hybridized carbons (Fsp3) is 1.00. The smallest absolute Gasteiger partial charge is 0.0160 e. The molecule has 1 saturated carbocycles. The first-order valence-electron chi connectivity index (χ1n) is 4.95. The van der Waals surface area contributed by atoms with Gasteiger partial charge < -0.3 is 0 Å². The Bertz CT molecular complexity index is 130. The lowest BCUT2D eigenvalue weighted by Crippen LogP contribution is -2.37. The summed E-state index contributed by atoms with van der Waals surface area (Å²) < 4.78 is 0.691. The monoisotopic (exact) mass is 170 g/mol. The molecule has 0 aromatic heterocycles. The molecule has 2 aliphatic rings. The number of hydrogen-bond donors (Lipinski definition) is 0. The van der Waals surface area contributed by atoms with Gasteiger partial charge in [-0.15, -0.1) is 0 Å². The normalized spacial score (nSPS) is 45.0. The van der Waals surface area contributed by atoms with E-state index in [0.29, 0.717) is 4.75 Å². The molecule has 0 aromatic rings. The van der Waals surface area contributed by atoms with Crippen LogP contribution in [0.25, 0.3) is 0 Å². The molecule has 0 unspecified atom stereocenters. The van der Waals surface area contributed by atoms with E-state index < -0.39 is 0 Å². The fourth-order valence-electron chi connectivity index (χ4n) is 2.65. The van der Waals surface area contributed by atoms with Crippen LogP contribution in [0.2, 0.25) is 0 Å². The van der Waals surface area contributed by atoms with Gasteiger partial charge in [-0.25, -0.2) is 0 Å². The summed E-state index contributed by atoms with van der Waals surface area (Å²) in [5.74, 6) is 2.49. The average molecular weight is 170 g/mol. The lowest BCUT2D eigenvalue weighted by Gasteiger charge is -2.44. The highest BCUT2D eigenvalue weighted by Crippen LogP contribution is 2.49. The van der Waals surface area contributed by atoms with Crippen LogP contribution in [0.1, 0.15) is 45.4 Å². The Morgan fingerprint density at radius 3 is 2.82 bits per heavy atom. The lowest BCUT2D eigenvalue weighted by atomic mass is 9.77. The molecule has 11 heavy (non-hydrogen) atoms. The number of fused-ring (bicyclic) bond motifs is 1. The third-order valence-electron chi connectivity index (χ3n) is 3.47. The molecule has 0 N–H and O–H groups in total. The van der Waals surface area contributed by atoms with E-state index in [2.05, 4.69) is 18.7 Å². The summed E-state index contributed by atoms with van der Waals surface area (Å²) in [6, 6.07) is 0. The van der Waals surface area contributed by atoms with E-state index in [1.807, 2.05) is 0 Å². The van der Waals surface area contributed by atoms with Gasteiger partial charge in [-0.3, -0.25) is 0 Å². The van der Waals surface area contributed by atoms with E-state index in [1.54, 1.807) is 0 Å². The van der Waals surface area contributed by atoms with E-state index in [0.717, 1.165) is 5.92 Å². The van der Waals surface area contributed by atoms with Crippen LogP contribution in [0.5, 0.6) is 0 Å². The molecule has 1 heteroatoms. The minimum Gasteiger partial charge on any atom is -0.155 e. The minimum atomic E-state index is 0.691. The van der Waals surface area contributed by atoms with Crippen LogP contribution in [0.3, 0.4) is 0 Å². The predicted octanol–water partition coefficient (Wildman–Crippen LogP) is 3.46. The Morgan fingerprint density at radius 1 is 1.18 bits per heavy atom. The van der Waals surface area contributed by atoms with Crippen LogP contribution in [0, 0.1) is 5.92 Å². The first-order valence-corrected chi connectivity index (χ1v) is 5.94. The van der Waals surface area contributed by atoms with Crippen LogP contribution < -0.4 is 0 Å². The molecule has 1 heterocycles. The highest BCUT2D eigenvalue weighted by molar-refractivity contribution is 8.00. The van der Waals surface area contributed by atoms with Crippen molar-refractivity contribution in [3.05, 3.63) is 0 Å². The van der Waals surface area contributed by atoms with Crippen molar-refractivity contribution in [2.24, 2.45) is 5.92 Å². The maximum atomic E-state index is 2.50. The quantitative estimate of drug-likeness (QED) is 0.536. The van der Waals surface area contributed by atoms with E-state index in [4.69, 9.17) is 0 Å².